The number of alkyl halides is 3. The van der Waals surface area contributed by atoms with E-state index >= 15 is 0 Å². The maximum atomic E-state index is 12.3. The Morgan fingerprint density at radius 2 is 2.00 bits per heavy atom. The molecule has 0 atom stereocenters. The van der Waals surface area contributed by atoms with Crippen LogP contribution in [0, 0.1) is 0 Å². The summed E-state index contributed by atoms with van der Waals surface area (Å²) in [6, 6.07) is 3.19. The second-order valence-corrected chi connectivity index (χ2v) is 4.00. The Morgan fingerprint density at radius 1 is 1.25 bits per heavy atom. The first-order chi connectivity index (χ1) is 7.48. The van der Waals surface area contributed by atoms with Crippen LogP contribution >= 0.6 is 11.3 Å². The van der Waals surface area contributed by atoms with E-state index in [0.29, 0.717) is 27.6 Å². The molecule has 2 heterocycles. The maximum Gasteiger partial charge on any atom is 0.443 e. The van der Waals surface area contributed by atoms with Crippen LogP contribution in [-0.4, -0.2) is 9.97 Å². The topological polar surface area (TPSA) is 51.8 Å². The van der Waals surface area contributed by atoms with Crippen LogP contribution in [0.4, 0.5) is 18.9 Å². The number of hydrogen-bond acceptors (Lipinski definition) is 4. The van der Waals surface area contributed by atoms with Crippen molar-refractivity contribution in [2.45, 2.75) is 6.18 Å². The summed E-state index contributed by atoms with van der Waals surface area (Å²) < 4.78 is 36.9. The first-order valence-electron chi connectivity index (χ1n) is 4.22. The van der Waals surface area contributed by atoms with Crippen LogP contribution in [-0.2, 0) is 6.18 Å². The molecule has 3 nitrogen and oxygen atoms in total. The van der Waals surface area contributed by atoms with Gasteiger partial charge >= 0.3 is 6.18 Å². The van der Waals surface area contributed by atoms with E-state index in [9.17, 15) is 13.2 Å². The highest BCUT2D eigenvalue weighted by molar-refractivity contribution is 7.15. The van der Waals surface area contributed by atoms with E-state index in [4.69, 9.17) is 5.73 Å². The second-order valence-electron chi connectivity index (χ2n) is 2.97. The minimum absolute atomic E-state index is 0.311. The summed E-state index contributed by atoms with van der Waals surface area (Å²) in [4.78, 5) is 7.54. The average molecular weight is 245 g/mol. The van der Waals surface area contributed by atoms with Gasteiger partial charge in [-0.1, -0.05) is 0 Å². The van der Waals surface area contributed by atoms with Crippen LogP contribution in [0.3, 0.4) is 0 Å². The number of nitrogens with zero attached hydrogens (tertiary/aromatic N) is 2. The molecule has 7 heteroatoms. The summed E-state index contributed by atoms with van der Waals surface area (Å²) in [5.41, 5.74) is 6.27. The lowest BCUT2D eigenvalue weighted by atomic mass is 10.3. The van der Waals surface area contributed by atoms with Crippen LogP contribution in [0.25, 0.3) is 10.6 Å². The monoisotopic (exact) mass is 245 g/mol. The molecule has 2 aromatic heterocycles. The third-order valence-electron chi connectivity index (χ3n) is 1.82. The minimum atomic E-state index is -4.42. The molecule has 0 saturated carbocycles. The Labute approximate surface area is 92.8 Å². The van der Waals surface area contributed by atoms with Crippen molar-refractivity contribution >= 4 is 17.0 Å². The van der Waals surface area contributed by atoms with Crippen LogP contribution in [0.5, 0.6) is 0 Å². The van der Waals surface area contributed by atoms with Gasteiger partial charge in [0.2, 0.25) is 0 Å². The molecule has 2 N–H and O–H groups in total. The molecule has 0 aromatic carbocycles. The van der Waals surface area contributed by atoms with Gasteiger partial charge < -0.3 is 5.73 Å². The first-order valence-corrected chi connectivity index (χ1v) is 5.04. The zero-order valence-corrected chi connectivity index (χ0v) is 8.64. The van der Waals surface area contributed by atoms with E-state index in [1.54, 1.807) is 12.1 Å². The molecule has 0 unspecified atom stereocenters. The minimum Gasteiger partial charge on any atom is -0.397 e. The van der Waals surface area contributed by atoms with Gasteiger partial charge in [-0.3, -0.25) is 4.98 Å². The van der Waals surface area contributed by atoms with Crippen molar-refractivity contribution in [1.82, 2.24) is 9.97 Å². The van der Waals surface area contributed by atoms with Gasteiger partial charge in [0.15, 0.2) is 5.01 Å². The van der Waals surface area contributed by atoms with E-state index in [1.165, 1.54) is 6.20 Å². The van der Waals surface area contributed by atoms with Crippen molar-refractivity contribution in [3.8, 4) is 10.6 Å². The molecule has 84 valence electrons. The van der Waals surface area contributed by atoms with E-state index < -0.39 is 11.2 Å². The lowest BCUT2D eigenvalue weighted by Gasteiger charge is -2.00. The Hall–Kier alpha value is -1.63. The van der Waals surface area contributed by atoms with E-state index in [1.807, 2.05) is 0 Å². The van der Waals surface area contributed by atoms with Crippen molar-refractivity contribution in [2.24, 2.45) is 0 Å². The van der Waals surface area contributed by atoms with Gasteiger partial charge in [0, 0.05) is 12.4 Å². The summed E-state index contributed by atoms with van der Waals surface area (Å²) in [5, 5.41) is -0.896. The van der Waals surface area contributed by atoms with Crippen LogP contribution in [0.2, 0.25) is 0 Å². The molecule has 0 aliphatic rings. The van der Waals surface area contributed by atoms with Gasteiger partial charge in [-0.05, 0) is 12.1 Å². The van der Waals surface area contributed by atoms with Crippen LogP contribution in [0.1, 0.15) is 5.01 Å². The fraction of sp³-hybridized carbons (Fsp3) is 0.111. The normalized spacial score (nSPS) is 11.7. The Balaban J connectivity index is 2.44. The quantitative estimate of drug-likeness (QED) is 0.840. The van der Waals surface area contributed by atoms with Crippen molar-refractivity contribution in [2.75, 3.05) is 5.73 Å². The summed E-state index contributed by atoms with van der Waals surface area (Å²) >= 11 is 0.528. The fourth-order valence-corrected chi connectivity index (χ4v) is 1.94. The standard InChI is InChI=1S/C9H6F3N3S/c10-9(11,12)8-15-4-6(16-8)7-5(13)2-1-3-14-7/h1-4H,13H2. The molecule has 2 aromatic rings. The molecule has 16 heavy (non-hydrogen) atoms. The van der Waals surface area contributed by atoms with Gasteiger partial charge in [0.1, 0.15) is 5.69 Å². The van der Waals surface area contributed by atoms with E-state index in [2.05, 4.69) is 9.97 Å². The molecule has 0 amide bonds. The van der Waals surface area contributed by atoms with Gasteiger partial charge in [-0.15, -0.1) is 11.3 Å². The van der Waals surface area contributed by atoms with Crippen molar-refractivity contribution < 1.29 is 13.2 Å². The molecule has 0 spiro atoms. The van der Waals surface area contributed by atoms with Crippen molar-refractivity contribution in [1.29, 1.82) is 0 Å². The molecule has 0 fully saturated rings. The Bertz CT molecular complexity index is 507. The number of thiazole rings is 1. The zero-order valence-electron chi connectivity index (χ0n) is 7.82. The lowest BCUT2D eigenvalue weighted by molar-refractivity contribution is -0.137. The number of rotatable bonds is 1. The highest BCUT2D eigenvalue weighted by atomic mass is 32.1. The van der Waals surface area contributed by atoms with Crippen LogP contribution < -0.4 is 5.73 Å². The molecule has 0 aliphatic heterocycles. The number of pyridine rings is 1. The Kier molecular flexibility index (Phi) is 2.55. The Morgan fingerprint density at radius 3 is 2.56 bits per heavy atom. The van der Waals surface area contributed by atoms with Gasteiger partial charge in [-0.25, -0.2) is 4.98 Å². The van der Waals surface area contributed by atoms with Crippen molar-refractivity contribution in [3.63, 3.8) is 0 Å². The summed E-state index contributed by atoms with van der Waals surface area (Å²) in [6.07, 6.45) is -1.82. The third-order valence-corrected chi connectivity index (χ3v) is 2.87. The predicted octanol–water partition coefficient (Wildman–Crippen LogP) is 2.81. The molecule has 0 radical (unpaired) electrons. The summed E-state index contributed by atoms with van der Waals surface area (Å²) in [7, 11) is 0. The average Bonchev–Trinajstić information content (AvgIpc) is 2.66. The van der Waals surface area contributed by atoms with Gasteiger partial charge in [0.05, 0.1) is 10.6 Å². The molecular weight excluding hydrogens is 239 g/mol. The molecule has 0 bridgehead atoms. The van der Waals surface area contributed by atoms with E-state index in [0.717, 1.165) is 6.20 Å². The van der Waals surface area contributed by atoms with Crippen molar-refractivity contribution in [3.05, 3.63) is 29.5 Å². The fourth-order valence-electron chi connectivity index (χ4n) is 1.14. The highest BCUT2D eigenvalue weighted by Gasteiger charge is 2.34. The summed E-state index contributed by atoms with van der Waals surface area (Å²) in [6.45, 7) is 0. The predicted molar refractivity (Wildman–Crippen MR) is 54.8 cm³/mol. The van der Waals surface area contributed by atoms with Gasteiger partial charge in [0.25, 0.3) is 0 Å². The maximum absolute atomic E-state index is 12.3. The third kappa shape index (κ3) is 1.99. The SMILES string of the molecule is Nc1cccnc1-c1cnc(C(F)(F)F)s1. The zero-order chi connectivity index (χ0) is 11.8. The molecule has 0 saturated heterocycles. The summed E-state index contributed by atoms with van der Waals surface area (Å²) in [5.74, 6) is 0. The number of nitrogens with two attached hydrogens (primary N) is 1. The number of halogens is 3. The largest absolute Gasteiger partial charge is 0.443 e. The highest BCUT2D eigenvalue weighted by Crippen LogP contribution is 2.36. The molecule has 0 aliphatic carbocycles. The number of anilines is 1. The lowest BCUT2D eigenvalue weighted by Crippen LogP contribution is -2.02. The smallest absolute Gasteiger partial charge is 0.397 e. The second kappa shape index (κ2) is 3.75. The number of aromatic nitrogens is 2. The van der Waals surface area contributed by atoms with Crippen LogP contribution in [0.15, 0.2) is 24.5 Å². The number of nitrogen functional groups attached to an aromatic ring is 1. The molecule has 2 rings (SSSR count). The van der Waals surface area contributed by atoms with E-state index in [-0.39, 0.29) is 0 Å². The number of hydrogen-bond donors (Lipinski definition) is 1. The molecular formula is C9H6F3N3S. The first kappa shape index (κ1) is 10.9. The van der Waals surface area contributed by atoms with Gasteiger partial charge in [-0.2, -0.15) is 13.2 Å².